The summed E-state index contributed by atoms with van der Waals surface area (Å²) in [6.07, 6.45) is 1.78. The highest BCUT2D eigenvalue weighted by Gasteiger charge is 2.30. The van der Waals surface area contributed by atoms with Crippen molar-refractivity contribution in [1.29, 1.82) is 0 Å². The standard InChI is InChI=1S/C25H30N4O2/c1-19-17-27(14-15-28(19)18-25(2,3)31)24(30)21-10-7-11-22(16-21)29-23(12-13-26-29)20-8-5-4-6-9-20/h4-13,16,19,31H,14-15,17-18H2,1-3H3/t19-/m0/s1. The van der Waals surface area contributed by atoms with Crippen LogP contribution < -0.4 is 0 Å². The summed E-state index contributed by atoms with van der Waals surface area (Å²) in [4.78, 5) is 17.4. The Bertz CT molecular complexity index is 1040. The highest BCUT2D eigenvalue weighted by molar-refractivity contribution is 5.95. The van der Waals surface area contributed by atoms with Gasteiger partial charge >= 0.3 is 0 Å². The predicted molar refractivity (Wildman–Crippen MR) is 122 cm³/mol. The van der Waals surface area contributed by atoms with E-state index in [9.17, 15) is 9.90 Å². The topological polar surface area (TPSA) is 61.6 Å². The van der Waals surface area contributed by atoms with Crippen molar-refractivity contribution in [2.75, 3.05) is 26.2 Å². The van der Waals surface area contributed by atoms with Gasteiger partial charge in [0.25, 0.3) is 5.91 Å². The molecule has 6 nitrogen and oxygen atoms in total. The van der Waals surface area contributed by atoms with Crippen molar-refractivity contribution in [2.24, 2.45) is 0 Å². The largest absolute Gasteiger partial charge is 0.389 e. The zero-order valence-corrected chi connectivity index (χ0v) is 18.4. The number of carbonyl (C=O) groups is 1. The van der Waals surface area contributed by atoms with Crippen molar-refractivity contribution in [3.63, 3.8) is 0 Å². The van der Waals surface area contributed by atoms with Crippen molar-refractivity contribution >= 4 is 5.91 Å². The third kappa shape index (κ3) is 4.86. The zero-order valence-electron chi connectivity index (χ0n) is 18.4. The van der Waals surface area contributed by atoms with Crippen LogP contribution in [0, 0.1) is 0 Å². The Hall–Kier alpha value is -2.96. The third-order valence-corrected chi connectivity index (χ3v) is 5.69. The normalized spacial score (nSPS) is 17.7. The van der Waals surface area contributed by atoms with Crippen LogP contribution in [0.1, 0.15) is 31.1 Å². The summed E-state index contributed by atoms with van der Waals surface area (Å²) in [5, 5.41) is 14.6. The van der Waals surface area contributed by atoms with E-state index in [4.69, 9.17) is 0 Å². The Labute approximate surface area is 183 Å². The van der Waals surface area contributed by atoms with Crippen LogP contribution in [0.2, 0.25) is 0 Å². The molecule has 6 heteroatoms. The highest BCUT2D eigenvalue weighted by Crippen LogP contribution is 2.23. The van der Waals surface area contributed by atoms with Gasteiger partial charge in [-0.15, -0.1) is 0 Å². The number of hydrogen-bond acceptors (Lipinski definition) is 4. The first-order valence-corrected chi connectivity index (χ1v) is 10.8. The Morgan fingerprint density at radius 1 is 1.10 bits per heavy atom. The van der Waals surface area contributed by atoms with Crippen LogP contribution in [0.5, 0.6) is 0 Å². The molecule has 31 heavy (non-hydrogen) atoms. The van der Waals surface area contributed by atoms with Gasteiger partial charge in [0.05, 0.1) is 23.2 Å². The maximum atomic E-state index is 13.2. The molecule has 1 aromatic heterocycles. The minimum Gasteiger partial charge on any atom is -0.389 e. The monoisotopic (exact) mass is 418 g/mol. The summed E-state index contributed by atoms with van der Waals surface area (Å²) in [5.41, 5.74) is 2.85. The lowest BCUT2D eigenvalue weighted by Crippen LogP contribution is -2.56. The van der Waals surface area contributed by atoms with E-state index in [1.807, 2.05) is 72.0 Å². The number of aromatic nitrogens is 2. The minimum atomic E-state index is -0.741. The van der Waals surface area contributed by atoms with Gasteiger partial charge in [-0.05, 0) is 45.0 Å². The van der Waals surface area contributed by atoms with Gasteiger partial charge < -0.3 is 10.0 Å². The molecule has 0 unspecified atom stereocenters. The van der Waals surface area contributed by atoms with E-state index in [0.717, 1.165) is 23.5 Å². The number of benzene rings is 2. The van der Waals surface area contributed by atoms with Gasteiger partial charge in [-0.1, -0.05) is 36.4 Å². The molecule has 2 heterocycles. The number of carbonyl (C=O) groups excluding carboxylic acids is 1. The van der Waals surface area contributed by atoms with Gasteiger partial charge in [-0.3, -0.25) is 9.69 Å². The van der Waals surface area contributed by atoms with Crippen LogP contribution in [0.25, 0.3) is 16.9 Å². The molecule has 1 aliphatic heterocycles. The molecule has 0 aliphatic carbocycles. The number of aliphatic hydroxyl groups is 1. The third-order valence-electron chi connectivity index (χ3n) is 5.69. The van der Waals surface area contributed by atoms with Crippen molar-refractivity contribution in [3.05, 3.63) is 72.4 Å². The lowest BCUT2D eigenvalue weighted by Gasteiger charge is -2.42. The summed E-state index contributed by atoms with van der Waals surface area (Å²) >= 11 is 0. The highest BCUT2D eigenvalue weighted by atomic mass is 16.3. The summed E-state index contributed by atoms with van der Waals surface area (Å²) in [6, 6.07) is 19.9. The molecular formula is C25H30N4O2. The fourth-order valence-electron chi connectivity index (χ4n) is 4.20. The van der Waals surface area contributed by atoms with Gasteiger partial charge in [-0.2, -0.15) is 5.10 Å². The number of nitrogens with zero attached hydrogens (tertiary/aromatic N) is 4. The predicted octanol–water partition coefficient (Wildman–Crippen LogP) is 3.46. The van der Waals surface area contributed by atoms with E-state index in [-0.39, 0.29) is 11.9 Å². The first-order chi connectivity index (χ1) is 14.8. The Morgan fingerprint density at radius 3 is 2.58 bits per heavy atom. The first kappa shape index (κ1) is 21.3. The molecule has 1 amide bonds. The SMILES string of the molecule is C[C@H]1CN(C(=O)c2cccc(-n3nccc3-c3ccccc3)c2)CCN1CC(C)(C)O. The van der Waals surface area contributed by atoms with E-state index in [1.54, 1.807) is 6.20 Å². The minimum absolute atomic E-state index is 0.0324. The summed E-state index contributed by atoms with van der Waals surface area (Å²) < 4.78 is 1.87. The van der Waals surface area contributed by atoms with Crippen molar-refractivity contribution in [3.8, 4) is 16.9 Å². The molecule has 1 fully saturated rings. The zero-order chi connectivity index (χ0) is 22.0. The first-order valence-electron chi connectivity index (χ1n) is 10.8. The van der Waals surface area contributed by atoms with Crippen LogP contribution in [-0.2, 0) is 0 Å². The van der Waals surface area contributed by atoms with Crippen molar-refractivity contribution in [1.82, 2.24) is 19.6 Å². The molecule has 0 saturated carbocycles. The second-order valence-corrected chi connectivity index (χ2v) is 8.93. The molecule has 3 aromatic rings. The smallest absolute Gasteiger partial charge is 0.254 e. The average Bonchev–Trinajstić information content (AvgIpc) is 3.24. The Balaban J connectivity index is 1.52. The van der Waals surface area contributed by atoms with Gasteiger partial charge in [0, 0.05) is 43.3 Å². The van der Waals surface area contributed by atoms with Crippen LogP contribution in [-0.4, -0.2) is 68.4 Å². The summed E-state index contributed by atoms with van der Waals surface area (Å²) in [7, 11) is 0. The molecule has 0 spiro atoms. The molecular weight excluding hydrogens is 388 g/mol. The maximum Gasteiger partial charge on any atom is 0.254 e. The lowest BCUT2D eigenvalue weighted by molar-refractivity contribution is -0.00143. The quantitative estimate of drug-likeness (QED) is 0.689. The van der Waals surface area contributed by atoms with Crippen molar-refractivity contribution in [2.45, 2.75) is 32.4 Å². The van der Waals surface area contributed by atoms with E-state index in [2.05, 4.69) is 29.1 Å². The maximum absolute atomic E-state index is 13.2. The van der Waals surface area contributed by atoms with Gasteiger partial charge in [0.15, 0.2) is 0 Å². The van der Waals surface area contributed by atoms with E-state index >= 15 is 0 Å². The molecule has 0 radical (unpaired) electrons. The fourth-order valence-corrected chi connectivity index (χ4v) is 4.20. The second kappa shape index (κ2) is 8.65. The molecule has 4 rings (SSSR count). The van der Waals surface area contributed by atoms with Gasteiger partial charge in [-0.25, -0.2) is 4.68 Å². The summed E-state index contributed by atoms with van der Waals surface area (Å²) in [5.74, 6) is 0.0324. The number of rotatable bonds is 5. The Morgan fingerprint density at radius 2 is 1.87 bits per heavy atom. The number of hydrogen-bond donors (Lipinski definition) is 1. The fraction of sp³-hybridized carbons (Fsp3) is 0.360. The molecule has 2 aromatic carbocycles. The van der Waals surface area contributed by atoms with E-state index in [0.29, 0.717) is 25.2 Å². The molecule has 1 atom stereocenters. The van der Waals surface area contributed by atoms with Crippen molar-refractivity contribution < 1.29 is 9.90 Å². The molecule has 1 N–H and O–H groups in total. The van der Waals surface area contributed by atoms with Gasteiger partial charge in [0.2, 0.25) is 0 Å². The lowest BCUT2D eigenvalue weighted by atomic mass is 10.1. The molecule has 1 saturated heterocycles. The molecule has 1 aliphatic rings. The number of piperazine rings is 1. The second-order valence-electron chi connectivity index (χ2n) is 8.93. The molecule has 162 valence electrons. The van der Waals surface area contributed by atoms with Crippen LogP contribution >= 0.6 is 0 Å². The van der Waals surface area contributed by atoms with Crippen LogP contribution in [0.15, 0.2) is 66.9 Å². The number of amides is 1. The van der Waals surface area contributed by atoms with Crippen LogP contribution in [0.4, 0.5) is 0 Å². The average molecular weight is 419 g/mol. The Kier molecular flexibility index (Phi) is 5.94. The van der Waals surface area contributed by atoms with E-state index in [1.165, 1.54) is 0 Å². The summed E-state index contributed by atoms with van der Waals surface area (Å²) in [6.45, 7) is 8.42. The number of β-amino-alcohol motifs (C(OH)–C–C–N with tert-alkyl or cyclic N) is 1. The molecule has 0 bridgehead atoms. The van der Waals surface area contributed by atoms with Gasteiger partial charge in [0.1, 0.15) is 0 Å². The van der Waals surface area contributed by atoms with E-state index < -0.39 is 5.60 Å². The van der Waals surface area contributed by atoms with Crippen LogP contribution in [0.3, 0.4) is 0 Å².